The molecule has 3 heteroatoms. The molecule has 1 heterocycles. The van der Waals surface area contributed by atoms with Gasteiger partial charge < -0.3 is 14.8 Å². The van der Waals surface area contributed by atoms with Crippen molar-refractivity contribution in [3.05, 3.63) is 65.7 Å². The molecule has 2 aromatic carbocycles. The fourth-order valence-corrected chi connectivity index (χ4v) is 3.15. The minimum Gasteiger partial charge on any atom is -0.483 e. The minimum atomic E-state index is -0.104. The highest BCUT2D eigenvalue weighted by Crippen LogP contribution is 2.30. The van der Waals surface area contributed by atoms with Crippen LogP contribution in [-0.4, -0.2) is 25.8 Å². The Kier molecular flexibility index (Phi) is 5.89. The third-order valence-electron chi connectivity index (χ3n) is 4.28. The Hall–Kier alpha value is -1.84. The lowest BCUT2D eigenvalue weighted by atomic mass is 10.0. The summed E-state index contributed by atoms with van der Waals surface area (Å²) in [5, 5.41) is 3.41. The van der Waals surface area contributed by atoms with Gasteiger partial charge in [0.2, 0.25) is 0 Å². The highest BCUT2D eigenvalue weighted by atomic mass is 16.5. The molecule has 0 bridgehead atoms. The summed E-state index contributed by atoms with van der Waals surface area (Å²) in [6.45, 7) is 6.91. The van der Waals surface area contributed by atoms with E-state index in [0.29, 0.717) is 5.92 Å². The number of ether oxygens (including phenoxy) is 2. The molecule has 0 amide bonds. The first-order valence-corrected chi connectivity index (χ1v) is 8.86. The molecule has 1 aliphatic heterocycles. The van der Waals surface area contributed by atoms with Gasteiger partial charge in [-0.1, -0.05) is 62.4 Å². The van der Waals surface area contributed by atoms with Gasteiger partial charge in [0.1, 0.15) is 11.9 Å². The van der Waals surface area contributed by atoms with Crippen LogP contribution in [0.4, 0.5) is 0 Å². The van der Waals surface area contributed by atoms with E-state index in [4.69, 9.17) is 9.47 Å². The van der Waals surface area contributed by atoms with E-state index in [0.717, 1.165) is 37.4 Å². The van der Waals surface area contributed by atoms with E-state index in [9.17, 15) is 0 Å². The molecule has 1 fully saturated rings. The summed E-state index contributed by atoms with van der Waals surface area (Å²) in [7, 11) is 0. The molecule has 0 radical (unpaired) electrons. The van der Waals surface area contributed by atoms with Gasteiger partial charge in [-0.3, -0.25) is 0 Å². The number of nitrogens with one attached hydrogen (secondary N) is 1. The predicted molar refractivity (Wildman–Crippen MR) is 97.4 cm³/mol. The predicted octanol–water partition coefficient (Wildman–Crippen LogP) is 3.99. The smallest absolute Gasteiger partial charge is 0.151 e. The Morgan fingerprint density at radius 1 is 1.08 bits per heavy atom. The number of hydrogen-bond donors (Lipinski definition) is 1. The summed E-state index contributed by atoms with van der Waals surface area (Å²) in [5.74, 6) is 1.56. The normalized spacial score (nSPS) is 19.2. The Morgan fingerprint density at radius 3 is 2.54 bits per heavy atom. The van der Waals surface area contributed by atoms with E-state index in [1.54, 1.807) is 0 Å². The van der Waals surface area contributed by atoms with Gasteiger partial charge in [-0.2, -0.15) is 0 Å². The van der Waals surface area contributed by atoms with Gasteiger partial charge in [-0.05, 0) is 29.5 Å². The van der Waals surface area contributed by atoms with Crippen LogP contribution in [0.25, 0.3) is 0 Å². The van der Waals surface area contributed by atoms with Gasteiger partial charge >= 0.3 is 0 Å². The monoisotopic (exact) mass is 325 g/mol. The molecule has 0 unspecified atom stereocenters. The van der Waals surface area contributed by atoms with Crippen molar-refractivity contribution < 1.29 is 9.47 Å². The second kappa shape index (κ2) is 8.32. The summed E-state index contributed by atoms with van der Waals surface area (Å²) >= 11 is 0. The Morgan fingerprint density at radius 2 is 1.83 bits per heavy atom. The molecule has 2 aromatic rings. The van der Waals surface area contributed by atoms with Crippen molar-refractivity contribution in [2.75, 3.05) is 19.7 Å². The van der Waals surface area contributed by atoms with Crippen LogP contribution in [0.3, 0.4) is 0 Å². The highest BCUT2D eigenvalue weighted by molar-refractivity contribution is 5.35. The lowest BCUT2D eigenvalue weighted by Gasteiger charge is -2.32. The maximum atomic E-state index is 6.51. The van der Waals surface area contributed by atoms with Crippen LogP contribution in [0.15, 0.2) is 54.6 Å². The van der Waals surface area contributed by atoms with Gasteiger partial charge in [0.25, 0.3) is 0 Å². The first kappa shape index (κ1) is 17.0. The molecule has 0 saturated carbocycles. The minimum absolute atomic E-state index is 0.0215. The largest absolute Gasteiger partial charge is 0.483 e. The first-order valence-electron chi connectivity index (χ1n) is 8.86. The molecule has 1 aliphatic rings. The lowest BCUT2D eigenvalue weighted by Crippen LogP contribution is -2.43. The fourth-order valence-electron chi connectivity index (χ4n) is 3.15. The molecule has 0 aliphatic carbocycles. The van der Waals surface area contributed by atoms with E-state index >= 15 is 0 Å². The van der Waals surface area contributed by atoms with Crippen LogP contribution < -0.4 is 10.1 Å². The quantitative estimate of drug-likeness (QED) is 0.871. The van der Waals surface area contributed by atoms with Gasteiger partial charge in [0, 0.05) is 13.1 Å². The van der Waals surface area contributed by atoms with Crippen molar-refractivity contribution in [2.24, 2.45) is 5.92 Å². The third-order valence-corrected chi connectivity index (χ3v) is 4.28. The van der Waals surface area contributed by atoms with Crippen LogP contribution in [0, 0.1) is 5.92 Å². The first-order chi connectivity index (χ1) is 11.7. The number of rotatable bonds is 6. The summed E-state index contributed by atoms with van der Waals surface area (Å²) in [4.78, 5) is 0. The summed E-state index contributed by atoms with van der Waals surface area (Å²) < 4.78 is 12.5. The molecule has 3 rings (SSSR count). The number of para-hydroxylation sites is 1. The van der Waals surface area contributed by atoms with Gasteiger partial charge in [-0.25, -0.2) is 0 Å². The van der Waals surface area contributed by atoms with Crippen molar-refractivity contribution >= 4 is 0 Å². The molecule has 128 valence electrons. The molecule has 1 saturated heterocycles. The molecule has 24 heavy (non-hydrogen) atoms. The van der Waals surface area contributed by atoms with Crippen LogP contribution >= 0.6 is 0 Å². The summed E-state index contributed by atoms with van der Waals surface area (Å²) in [6.07, 6.45) is 0.933. The fraction of sp³-hybridized carbons (Fsp3) is 0.429. The summed E-state index contributed by atoms with van der Waals surface area (Å²) in [5.41, 5.74) is 2.42. The third kappa shape index (κ3) is 4.37. The Balaban J connectivity index is 1.87. The standard InChI is InChI=1S/C21H27NO2/c1-16(2)14-18-10-6-7-11-19(18)24-21(17-8-4-3-5-9-17)20-15-22-12-13-23-20/h3-11,16,20-22H,12-15H2,1-2H3/t20-,21-/m0/s1. The zero-order valence-corrected chi connectivity index (χ0v) is 14.6. The van der Waals surface area contributed by atoms with E-state index in [1.165, 1.54) is 5.56 Å². The molecule has 0 spiro atoms. The zero-order valence-electron chi connectivity index (χ0n) is 14.6. The number of morpholine rings is 1. The number of hydrogen-bond acceptors (Lipinski definition) is 3. The Bertz CT molecular complexity index is 621. The molecular weight excluding hydrogens is 298 g/mol. The van der Waals surface area contributed by atoms with Crippen LogP contribution in [0.5, 0.6) is 5.75 Å². The van der Waals surface area contributed by atoms with Crippen LogP contribution in [0.1, 0.15) is 31.1 Å². The van der Waals surface area contributed by atoms with Crippen molar-refractivity contribution in [1.29, 1.82) is 0 Å². The molecule has 3 nitrogen and oxygen atoms in total. The van der Waals surface area contributed by atoms with E-state index in [1.807, 2.05) is 12.1 Å². The summed E-state index contributed by atoms with van der Waals surface area (Å²) in [6, 6.07) is 18.8. The van der Waals surface area contributed by atoms with Crippen LogP contribution in [0.2, 0.25) is 0 Å². The average molecular weight is 325 g/mol. The Labute approximate surface area is 145 Å². The van der Waals surface area contributed by atoms with Crippen molar-refractivity contribution in [1.82, 2.24) is 5.32 Å². The molecule has 2 atom stereocenters. The van der Waals surface area contributed by atoms with Gasteiger partial charge in [0.15, 0.2) is 6.10 Å². The van der Waals surface area contributed by atoms with Crippen molar-refractivity contribution in [2.45, 2.75) is 32.5 Å². The number of benzene rings is 2. The molecule has 1 N–H and O–H groups in total. The lowest BCUT2D eigenvalue weighted by molar-refractivity contribution is -0.0435. The van der Waals surface area contributed by atoms with E-state index in [-0.39, 0.29) is 12.2 Å². The highest BCUT2D eigenvalue weighted by Gasteiger charge is 2.28. The van der Waals surface area contributed by atoms with E-state index in [2.05, 4.69) is 61.6 Å². The maximum Gasteiger partial charge on any atom is 0.151 e. The van der Waals surface area contributed by atoms with E-state index < -0.39 is 0 Å². The average Bonchev–Trinajstić information content (AvgIpc) is 2.62. The van der Waals surface area contributed by atoms with Crippen molar-refractivity contribution in [3.8, 4) is 5.75 Å². The molecule has 0 aromatic heterocycles. The van der Waals surface area contributed by atoms with Gasteiger partial charge in [0.05, 0.1) is 6.61 Å². The zero-order chi connectivity index (χ0) is 16.8. The maximum absolute atomic E-state index is 6.51. The van der Waals surface area contributed by atoms with Gasteiger partial charge in [-0.15, -0.1) is 0 Å². The second-order valence-electron chi connectivity index (χ2n) is 6.77. The SMILES string of the molecule is CC(C)Cc1ccccc1O[C@@H](c1ccccc1)[C@@H]1CNCCO1. The molecular formula is C21H27NO2. The van der Waals surface area contributed by atoms with Crippen LogP contribution in [-0.2, 0) is 11.2 Å². The van der Waals surface area contributed by atoms with Crippen molar-refractivity contribution in [3.63, 3.8) is 0 Å². The topological polar surface area (TPSA) is 30.5 Å². The second-order valence-corrected chi connectivity index (χ2v) is 6.77.